The first-order valence-electron chi connectivity index (χ1n) is 8.78. The molecule has 2 aromatic rings. The van der Waals surface area contributed by atoms with Crippen LogP contribution in [0.5, 0.6) is 0 Å². The molecule has 1 aromatic heterocycles. The van der Waals surface area contributed by atoms with Gasteiger partial charge in [0, 0.05) is 13.1 Å². The summed E-state index contributed by atoms with van der Waals surface area (Å²) in [6.45, 7) is 7.55. The number of nitrogens with zero attached hydrogens (tertiary/aromatic N) is 1. The summed E-state index contributed by atoms with van der Waals surface area (Å²) in [5.74, 6) is 1.37. The molecule has 1 amide bonds. The van der Waals surface area contributed by atoms with Gasteiger partial charge >= 0.3 is 0 Å². The Morgan fingerprint density at radius 2 is 1.83 bits per heavy atom. The maximum absolute atomic E-state index is 12.4. The van der Waals surface area contributed by atoms with E-state index >= 15 is 0 Å². The van der Waals surface area contributed by atoms with Crippen LogP contribution in [0.3, 0.4) is 0 Å². The SMILES string of the molecule is Cc1cc(C(=O)NCc2ccccc2CN2CCCCC2)c(C)o1. The van der Waals surface area contributed by atoms with E-state index in [1.54, 1.807) is 6.07 Å². The van der Waals surface area contributed by atoms with Gasteiger partial charge in [-0.05, 0) is 57.0 Å². The molecule has 0 radical (unpaired) electrons. The van der Waals surface area contributed by atoms with Crippen LogP contribution in [0, 0.1) is 13.8 Å². The summed E-state index contributed by atoms with van der Waals surface area (Å²) in [5, 5.41) is 3.03. The lowest BCUT2D eigenvalue weighted by atomic mass is 10.0. The number of piperidine rings is 1. The highest BCUT2D eigenvalue weighted by Crippen LogP contribution is 2.17. The highest BCUT2D eigenvalue weighted by Gasteiger charge is 2.15. The van der Waals surface area contributed by atoms with Crippen LogP contribution >= 0.6 is 0 Å². The molecule has 0 atom stereocenters. The molecule has 1 fully saturated rings. The van der Waals surface area contributed by atoms with Crippen molar-refractivity contribution in [3.63, 3.8) is 0 Å². The molecule has 0 spiro atoms. The van der Waals surface area contributed by atoms with Crippen molar-refractivity contribution in [3.8, 4) is 0 Å². The van der Waals surface area contributed by atoms with Gasteiger partial charge in [0.15, 0.2) is 0 Å². The van der Waals surface area contributed by atoms with Gasteiger partial charge in [-0.2, -0.15) is 0 Å². The van der Waals surface area contributed by atoms with Crippen LogP contribution in [0.15, 0.2) is 34.7 Å². The molecule has 4 nitrogen and oxygen atoms in total. The molecule has 3 rings (SSSR count). The molecular weight excluding hydrogens is 300 g/mol. The Balaban J connectivity index is 1.64. The van der Waals surface area contributed by atoms with Crippen LogP contribution < -0.4 is 5.32 Å². The van der Waals surface area contributed by atoms with Crippen LogP contribution in [0.2, 0.25) is 0 Å². The zero-order valence-electron chi connectivity index (χ0n) is 14.6. The van der Waals surface area contributed by atoms with Gasteiger partial charge in [0.2, 0.25) is 0 Å². The number of nitrogens with one attached hydrogen (secondary N) is 1. The van der Waals surface area contributed by atoms with E-state index in [1.165, 1.54) is 43.5 Å². The Bertz CT molecular complexity index is 699. The topological polar surface area (TPSA) is 45.5 Å². The Labute approximate surface area is 143 Å². The number of amides is 1. The predicted molar refractivity (Wildman–Crippen MR) is 94.9 cm³/mol. The standard InChI is InChI=1S/C20H26N2O2/c1-15-12-19(16(2)24-15)20(23)21-13-17-8-4-5-9-18(17)14-22-10-6-3-7-11-22/h4-5,8-9,12H,3,6-7,10-11,13-14H2,1-2H3,(H,21,23). The van der Waals surface area contributed by atoms with E-state index in [0.717, 1.165) is 12.3 Å². The third-order valence-electron chi connectivity index (χ3n) is 4.69. The minimum Gasteiger partial charge on any atom is -0.466 e. The molecule has 2 heterocycles. The average molecular weight is 326 g/mol. The zero-order valence-corrected chi connectivity index (χ0v) is 14.6. The lowest BCUT2D eigenvalue weighted by Gasteiger charge is -2.27. The Morgan fingerprint density at radius 3 is 2.50 bits per heavy atom. The van der Waals surface area contributed by atoms with Crippen LogP contribution in [0.1, 0.15) is 52.3 Å². The van der Waals surface area contributed by atoms with Crippen LogP contribution in [0.25, 0.3) is 0 Å². The molecule has 0 aliphatic carbocycles. The van der Waals surface area contributed by atoms with E-state index in [4.69, 9.17) is 4.42 Å². The van der Waals surface area contributed by atoms with Crippen molar-refractivity contribution in [2.45, 2.75) is 46.2 Å². The summed E-state index contributed by atoms with van der Waals surface area (Å²) in [6, 6.07) is 10.2. The summed E-state index contributed by atoms with van der Waals surface area (Å²) in [5.41, 5.74) is 3.12. The van der Waals surface area contributed by atoms with Crippen molar-refractivity contribution < 1.29 is 9.21 Å². The number of benzene rings is 1. The number of carbonyl (C=O) groups excluding carboxylic acids is 1. The average Bonchev–Trinajstić information content (AvgIpc) is 2.93. The summed E-state index contributed by atoms with van der Waals surface area (Å²) < 4.78 is 5.44. The molecule has 1 aromatic carbocycles. The van der Waals surface area contributed by atoms with Crippen LogP contribution in [-0.4, -0.2) is 23.9 Å². The van der Waals surface area contributed by atoms with E-state index < -0.39 is 0 Å². The first-order chi connectivity index (χ1) is 11.6. The molecule has 128 valence electrons. The zero-order chi connectivity index (χ0) is 16.9. The van der Waals surface area contributed by atoms with E-state index in [-0.39, 0.29) is 5.91 Å². The van der Waals surface area contributed by atoms with Crippen molar-refractivity contribution >= 4 is 5.91 Å². The second-order valence-corrected chi connectivity index (χ2v) is 6.62. The van der Waals surface area contributed by atoms with Crippen LogP contribution in [-0.2, 0) is 13.1 Å². The molecular formula is C20H26N2O2. The molecule has 0 saturated carbocycles. The first kappa shape index (κ1) is 16.8. The van der Waals surface area contributed by atoms with E-state index in [2.05, 4.69) is 28.4 Å². The Hall–Kier alpha value is -2.07. The summed E-state index contributed by atoms with van der Waals surface area (Å²) in [4.78, 5) is 14.9. The Morgan fingerprint density at radius 1 is 1.12 bits per heavy atom. The van der Waals surface area contributed by atoms with Gasteiger partial charge < -0.3 is 9.73 Å². The Kier molecular flexibility index (Phi) is 5.36. The second kappa shape index (κ2) is 7.67. The van der Waals surface area contributed by atoms with Crippen molar-refractivity contribution in [2.24, 2.45) is 0 Å². The highest BCUT2D eigenvalue weighted by atomic mass is 16.3. The molecule has 1 N–H and O–H groups in total. The number of hydrogen-bond acceptors (Lipinski definition) is 3. The van der Waals surface area contributed by atoms with Gasteiger partial charge in [-0.25, -0.2) is 0 Å². The minimum absolute atomic E-state index is 0.0721. The highest BCUT2D eigenvalue weighted by molar-refractivity contribution is 5.95. The van der Waals surface area contributed by atoms with Crippen molar-refractivity contribution in [1.82, 2.24) is 10.2 Å². The van der Waals surface area contributed by atoms with Gasteiger partial charge in [0.1, 0.15) is 11.5 Å². The van der Waals surface area contributed by atoms with E-state index in [1.807, 2.05) is 19.9 Å². The third kappa shape index (κ3) is 4.06. The minimum atomic E-state index is -0.0721. The molecule has 0 unspecified atom stereocenters. The van der Waals surface area contributed by atoms with Gasteiger partial charge in [-0.1, -0.05) is 30.7 Å². The maximum atomic E-state index is 12.4. The second-order valence-electron chi connectivity index (χ2n) is 6.62. The lowest BCUT2D eigenvalue weighted by Crippen LogP contribution is -2.30. The number of likely N-dealkylation sites (tertiary alicyclic amines) is 1. The van der Waals surface area contributed by atoms with Crippen LogP contribution in [0.4, 0.5) is 0 Å². The molecule has 1 aliphatic heterocycles. The fraction of sp³-hybridized carbons (Fsp3) is 0.450. The molecule has 24 heavy (non-hydrogen) atoms. The molecule has 4 heteroatoms. The lowest BCUT2D eigenvalue weighted by molar-refractivity contribution is 0.0949. The smallest absolute Gasteiger partial charge is 0.255 e. The quantitative estimate of drug-likeness (QED) is 0.909. The fourth-order valence-electron chi connectivity index (χ4n) is 3.37. The maximum Gasteiger partial charge on any atom is 0.255 e. The number of aryl methyl sites for hydroxylation is 2. The molecule has 0 bridgehead atoms. The van der Waals surface area contributed by atoms with Gasteiger partial charge in [-0.3, -0.25) is 9.69 Å². The summed E-state index contributed by atoms with van der Waals surface area (Å²) >= 11 is 0. The monoisotopic (exact) mass is 326 g/mol. The van der Waals surface area contributed by atoms with Gasteiger partial charge in [-0.15, -0.1) is 0 Å². The van der Waals surface area contributed by atoms with Crippen molar-refractivity contribution in [2.75, 3.05) is 13.1 Å². The first-order valence-corrected chi connectivity index (χ1v) is 8.78. The largest absolute Gasteiger partial charge is 0.466 e. The third-order valence-corrected chi connectivity index (χ3v) is 4.69. The van der Waals surface area contributed by atoms with Gasteiger partial charge in [0.25, 0.3) is 5.91 Å². The van der Waals surface area contributed by atoms with Crippen molar-refractivity contribution in [1.29, 1.82) is 0 Å². The predicted octanol–water partition coefficient (Wildman–Crippen LogP) is 3.81. The van der Waals surface area contributed by atoms with Crippen molar-refractivity contribution in [3.05, 3.63) is 58.5 Å². The number of furan rings is 1. The van der Waals surface area contributed by atoms with E-state index in [9.17, 15) is 4.79 Å². The summed E-state index contributed by atoms with van der Waals surface area (Å²) in [6.07, 6.45) is 3.92. The fourth-order valence-corrected chi connectivity index (χ4v) is 3.37. The number of rotatable bonds is 5. The molecule has 1 aliphatic rings. The van der Waals surface area contributed by atoms with E-state index in [0.29, 0.717) is 17.9 Å². The molecule has 1 saturated heterocycles. The number of carbonyl (C=O) groups is 1. The summed E-state index contributed by atoms with van der Waals surface area (Å²) in [7, 11) is 0. The number of hydrogen-bond donors (Lipinski definition) is 1. The van der Waals surface area contributed by atoms with Gasteiger partial charge in [0.05, 0.1) is 5.56 Å². The normalized spacial score (nSPS) is 15.4.